The predicted octanol–water partition coefficient (Wildman–Crippen LogP) is 3.61. The number of pyridine rings is 1. The molecule has 72 valence electrons. The van der Waals surface area contributed by atoms with Gasteiger partial charge in [0.2, 0.25) is 0 Å². The number of hydrogen-bond donors (Lipinski definition) is 0. The minimum absolute atomic E-state index is 0.666. The van der Waals surface area contributed by atoms with Crippen LogP contribution in [0.1, 0.15) is 5.69 Å². The van der Waals surface area contributed by atoms with Crippen LogP contribution in [0.4, 0.5) is 5.69 Å². The first kappa shape index (κ1) is 9.42. The van der Waals surface area contributed by atoms with Gasteiger partial charge in [-0.3, -0.25) is 4.98 Å². The average molecular weight is 194 g/mol. The van der Waals surface area contributed by atoms with Gasteiger partial charge in [0.15, 0.2) is 5.69 Å². The summed E-state index contributed by atoms with van der Waals surface area (Å²) in [6, 6.07) is 11.6. The van der Waals surface area contributed by atoms with Gasteiger partial charge in [0.25, 0.3) is 0 Å². The zero-order valence-corrected chi connectivity index (χ0v) is 8.44. The van der Waals surface area contributed by atoms with E-state index in [-0.39, 0.29) is 0 Å². The molecule has 2 heteroatoms. The molecule has 0 bridgehead atoms. The van der Waals surface area contributed by atoms with Crippen LogP contribution in [0.15, 0.2) is 42.6 Å². The fourth-order valence-electron chi connectivity index (χ4n) is 1.37. The molecule has 0 aliphatic rings. The van der Waals surface area contributed by atoms with Gasteiger partial charge in [-0.1, -0.05) is 30.3 Å². The summed E-state index contributed by atoms with van der Waals surface area (Å²) in [5.41, 5.74) is 3.85. The number of benzene rings is 1. The number of hydrogen-bond acceptors (Lipinski definition) is 1. The number of nitrogens with zero attached hydrogens (tertiary/aromatic N) is 2. The molecule has 2 rings (SSSR count). The molecular formula is C13H10N2. The Bertz CT molecular complexity index is 490. The second kappa shape index (κ2) is 3.93. The van der Waals surface area contributed by atoms with Crippen LogP contribution in [0.2, 0.25) is 0 Å². The van der Waals surface area contributed by atoms with Crippen molar-refractivity contribution >= 4 is 5.69 Å². The largest absolute Gasteiger partial charge is 0.261 e. The molecule has 0 aliphatic heterocycles. The Morgan fingerprint density at radius 3 is 2.20 bits per heavy atom. The van der Waals surface area contributed by atoms with Gasteiger partial charge in [-0.25, -0.2) is 4.85 Å². The van der Waals surface area contributed by atoms with Crippen LogP contribution >= 0.6 is 0 Å². The Balaban J connectivity index is 2.38. The summed E-state index contributed by atoms with van der Waals surface area (Å²) in [7, 11) is 0. The molecule has 15 heavy (non-hydrogen) atoms. The molecule has 0 radical (unpaired) electrons. The second-order valence-electron chi connectivity index (χ2n) is 3.35. The lowest BCUT2D eigenvalue weighted by Gasteiger charge is -2.01. The van der Waals surface area contributed by atoms with Crippen LogP contribution in [0.3, 0.4) is 0 Å². The van der Waals surface area contributed by atoms with E-state index >= 15 is 0 Å². The van der Waals surface area contributed by atoms with Gasteiger partial charge in [-0.2, -0.15) is 0 Å². The summed E-state index contributed by atoms with van der Waals surface area (Å²) in [6.45, 7) is 8.82. The highest BCUT2D eigenvalue weighted by Gasteiger charge is 1.97. The molecule has 0 amide bonds. The van der Waals surface area contributed by atoms with Crippen molar-refractivity contribution in [3.8, 4) is 11.1 Å². The standard InChI is InChI=1S/C13H10N2/c1-10-3-4-12(9-15-10)11-5-7-13(14-2)8-6-11/h3-9H,1H3. The predicted molar refractivity (Wildman–Crippen MR) is 60.7 cm³/mol. The molecule has 0 fully saturated rings. The van der Waals surface area contributed by atoms with Gasteiger partial charge in [-0.05, 0) is 24.1 Å². The Kier molecular flexibility index (Phi) is 2.47. The van der Waals surface area contributed by atoms with Gasteiger partial charge < -0.3 is 0 Å². The highest BCUT2D eigenvalue weighted by Crippen LogP contribution is 2.21. The Hall–Kier alpha value is -2.14. The van der Waals surface area contributed by atoms with E-state index in [1.54, 1.807) is 0 Å². The quantitative estimate of drug-likeness (QED) is 0.634. The monoisotopic (exact) mass is 194 g/mol. The molecule has 0 saturated heterocycles. The van der Waals surface area contributed by atoms with Gasteiger partial charge in [0, 0.05) is 11.9 Å². The molecule has 0 atom stereocenters. The highest BCUT2D eigenvalue weighted by atomic mass is 14.7. The van der Waals surface area contributed by atoms with Crippen molar-refractivity contribution < 1.29 is 0 Å². The summed E-state index contributed by atoms with van der Waals surface area (Å²) in [5.74, 6) is 0. The van der Waals surface area contributed by atoms with E-state index in [1.165, 1.54) is 0 Å². The molecule has 0 spiro atoms. The third kappa shape index (κ3) is 2.03. The van der Waals surface area contributed by atoms with Crippen molar-refractivity contribution in [3.05, 3.63) is 59.7 Å². The van der Waals surface area contributed by atoms with Crippen molar-refractivity contribution in [3.63, 3.8) is 0 Å². The third-order valence-corrected chi connectivity index (χ3v) is 2.24. The normalized spacial score (nSPS) is 9.60. The topological polar surface area (TPSA) is 17.2 Å². The van der Waals surface area contributed by atoms with Crippen molar-refractivity contribution in [2.24, 2.45) is 0 Å². The van der Waals surface area contributed by atoms with Crippen LogP contribution in [0, 0.1) is 13.5 Å². The van der Waals surface area contributed by atoms with Gasteiger partial charge in [0.1, 0.15) is 0 Å². The molecule has 1 heterocycles. The van der Waals surface area contributed by atoms with E-state index in [0.29, 0.717) is 5.69 Å². The smallest absolute Gasteiger partial charge is 0.187 e. The zero-order valence-electron chi connectivity index (χ0n) is 8.44. The first-order valence-corrected chi connectivity index (χ1v) is 4.70. The summed E-state index contributed by atoms with van der Waals surface area (Å²) in [5, 5.41) is 0. The molecular weight excluding hydrogens is 184 g/mol. The number of aromatic nitrogens is 1. The van der Waals surface area contributed by atoms with Crippen LogP contribution < -0.4 is 0 Å². The first-order chi connectivity index (χ1) is 7.29. The fraction of sp³-hybridized carbons (Fsp3) is 0.0769. The molecule has 2 aromatic rings. The van der Waals surface area contributed by atoms with Crippen LogP contribution in [-0.2, 0) is 0 Å². The van der Waals surface area contributed by atoms with Crippen LogP contribution in [0.25, 0.3) is 16.0 Å². The summed E-state index contributed by atoms with van der Waals surface area (Å²) in [4.78, 5) is 7.59. The number of aryl methyl sites for hydroxylation is 1. The summed E-state index contributed by atoms with van der Waals surface area (Å²) >= 11 is 0. The maximum Gasteiger partial charge on any atom is 0.187 e. The molecule has 1 aromatic carbocycles. The maximum absolute atomic E-state index is 6.86. The maximum atomic E-state index is 6.86. The van der Waals surface area contributed by atoms with Gasteiger partial charge >= 0.3 is 0 Å². The van der Waals surface area contributed by atoms with Crippen molar-refractivity contribution in [2.75, 3.05) is 0 Å². The average Bonchev–Trinajstić information content (AvgIpc) is 2.30. The highest BCUT2D eigenvalue weighted by molar-refractivity contribution is 5.65. The van der Waals surface area contributed by atoms with Gasteiger partial charge in [0.05, 0.1) is 6.57 Å². The van der Waals surface area contributed by atoms with Crippen molar-refractivity contribution in [1.29, 1.82) is 0 Å². The fourth-order valence-corrected chi connectivity index (χ4v) is 1.37. The zero-order chi connectivity index (χ0) is 10.7. The second-order valence-corrected chi connectivity index (χ2v) is 3.35. The van der Waals surface area contributed by atoms with E-state index in [2.05, 4.69) is 9.83 Å². The summed E-state index contributed by atoms with van der Waals surface area (Å²) in [6.07, 6.45) is 1.85. The Morgan fingerprint density at radius 1 is 1.00 bits per heavy atom. The van der Waals surface area contributed by atoms with Crippen LogP contribution in [0.5, 0.6) is 0 Å². The molecule has 0 N–H and O–H groups in total. The van der Waals surface area contributed by atoms with Gasteiger partial charge in [-0.15, -0.1) is 0 Å². The Morgan fingerprint density at radius 2 is 1.67 bits per heavy atom. The lowest BCUT2D eigenvalue weighted by Crippen LogP contribution is -1.81. The van der Waals surface area contributed by atoms with Crippen LogP contribution in [-0.4, -0.2) is 4.98 Å². The van der Waals surface area contributed by atoms with Crippen molar-refractivity contribution in [1.82, 2.24) is 4.98 Å². The van der Waals surface area contributed by atoms with E-state index in [0.717, 1.165) is 16.8 Å². The third-order valence-electron chi connectivity index (χ3n) is 2.24. The SMILES string of the molecule is [C-]#[N+]c1ccc(-c2ccc(C)nc2)cc1. The lowest BCUT2D eigenvalue weighted by atomic mass is 10.1. The molecule has 0 unspecified atom stereocenters. The molecule has 2 nitrogen and oxygen atoms in total. The molecule has 0 aliphatic carbocycles. The van der Waals surface area contributed by atoms with E-state index in [1.807, 2.05) is 49.5 Å². The first-order valence-electron chi connectivity index (χ1n) is 4.70. The lowest BCUT2D eigenvalue weighted by molar-refractivity contribution is 1.20. The van der Waals surface area contributed by atoms with E-state index in [9.17, 15) is 0 Å². The van der Waals surface area contributed by atoms with E-state index in [4.69, 9.17) is 6.57 Å². The minimum Gasteiger partial charge on any atom is -0.261 e. The summed E-state index contributed by atoms with van der Waals surface area (Å²) < 4.78 is 0. The minimum atomic E-state index is 0.666. The van der Waals surface area contributed by atoms with Crippen molar-refractivity contribution in [2.45, 2.75) is 6.92 Å². The Labute approximate surface area is 89.0 Å². The van der Waals surface area contributed by atoms with E-state index < -0.39 is 0 Å². The number of rotatable bonds is 1. The molecule has 0 saturated carbocycles. The molecule has 1 aromatic heterocycles.